The molecule has 0 amide bonds. The van der Waals surface area contributed by atoms with E-state index >= 15 is 0 Å². The number of hydrogen-bond donors (Lipinski definition) is 2. The number of nitrogens with one attached hydrogen (secondary N) is 2. The maximum atomic E-state index is 13.6. The zero-order valence-electron chi connectivity index (χ0n) is 14.9. The van der Waals surface area contributed by atoms with Gasteiger partial charge < -0.3 is 15.4 Å². The predicted octanol–water partition coefficient (Wildman–Crippen LogP) is 3.89. The van der Waals surface area contributed by atoms with E-state index in [9.17, 15) is 8.78 Å². The van der Waals surface area contributed by atoms with Crippen LogP contribution < -0.4 is 15.4 Å². The standard InChI is InChI=1S/C19H23F2N3O.HI/c1-3-25-18-7-5-4-6-15(18)13-24-19(22-2)23-11-10-14-12-16(20)8-9-17(14)21;/h4-9,12H,3,10-11,13H2,1-2H3,(H2,22,23,24);1H. The van der Waals surface area contributed by atoms with Gasteiger partial charge in [-0.25, -0.2) is 8.78 Å². The normalized spacial score (nSPS) is 10.8. The average Bonchev–Trinajstić information content (AvgIpc) is 2.62. The molecule has 0 saturated heterocycles. The highest BCUT2D eigenvalue weighted by Gasteiger charge is 2.06. The fraction of sp³-hybridized carbons (Fsp3) is 0.316. The Morgan fingerprint density at radius 1 is 1.08 bits per heavy atom. The lowest BCUT2D eigenvalue weighted by Gasteiger charge is -2.14. The van der Waals surface area contributed by atoms with Gasteiger partial charge in [-0.15, -0.1) is 24.0 Å². The molecule has 26 heavy (non-hydrogen) atoms. The maximum absolute atomic E-state index is 13.6. The molecule has 2 rings (SSSR count). The molecule has 2 aromatic carbocycles. The fourth-order valence-corrected chi connectivity index (χ4v) is 2.40. The fourth-order valence-electron chi connectivity index (χ4n) is 2.40. The Bertz CT molecular complexity index is 726. The summed E-state index contributed by atoms with van der Waals surface area (Å²) in [5.74, 6) is 0.570. The van der Waals surface area contributed by atoms with Gasteiger partial charge in [0, 0.05) is 25.7 Å². The number of nitrogens with zero attached hydrogens (tertiary/aromatic N) is 1. The van der Waals surface area contributed by atoms with Crippen LogP contribution in [0.5, 0.6) is 5.75 Å². The van der Waals surface area contributed by atoms with Gasteiger partial charge in [0.1, 0.15) is 17.4 Å². The number of benzene rings is 2. The summed E-state index contributed by atoms with van der Waals surface area (Å²) in [4.78, 5) is 4.14. The number of ether oxygens (including phenoxy) is 1. The molecule has 0 unspecified atom stereocenters. The van der Waals surface area contributed by atoms with E-state index in [1.165, 1.54) is 6.07 Å². The lowest BCUT2D eigenvalue weighted by Crippen LogP contribution is -2.38. The van der Waals surface area contributed by atoms with Gasteiger partial charge in [0.25, 0.3) is 0 Å². The first-order chi connectivity index (χ1) is 12.1. The lowest BCUT2D eigenvalue weighted by molar-refractivity contribution is 0.336. The monoisotopic (exact) mass is 475 g/mol. The Hall–Kier alpha value is -1.90. The highest BCUT2D eigenvalue weighted by Crippen LogP contribution is 2.17. The Morgan fingerprint density at radius 2 is 1.85 bits per heavy atom. The van der Waals surface area contributed by atoms with Gasteiger partial charge in [-0.1, -0.05) is 18.2 Å². The van der Waals surface area contributed by atoms with E-state index in [0.717, 1.165) is 23.4 Å². The number of hydrogen-bond acceptors (Lipinski definition) is 2. The molecule has 0 spiro atoms. The van der Waals surface area contributed by atoms with Crippen LogP contribution in [0.2, 0.25) is 0 Å². The minimum absolute atomic E-state index is 0. The summed E-state index contributed by atoms with van der Waals surface area (Å²) in [5, 5.41) is 6.28. The van der Waals surface area contributed by atoms with Gasteiger partial charge in [0.15, 0.2) is 5.96 Å². The Kier molecular flexibility index (Phi) is 9.93. The summed E-state index contributed by atoms with van der Waals surface area (Å²) in [6, 6.07) is 11.2. The SMILES string of the molecule is CCOc1ccccc1CNC(=NC)NCCc1cc(F)ccc1F.I. The topological polar surface area (TPSA) is 45.6 Å². The molecule has 0 aliphatic heterocycles. The van der Waals surface area contributed by atoms with Gasteiger partial charge >= 0.3 is 0 Å². The molecule has 0 aliphatic carbocycles. The van der Waals surface area contributed by atoms with Gasteiger partial charge in [-0.05, 0) is 43.2 Å². The molecule has 142 valence electrons. The summed E-state index contributed by atoms with van der Waals surface area (Å²) in [5.41, 5.74) is 1.35. The quantitative estimate of drug-likeness (QED) is 0.363. The number of rotatable bonds is 7. The lowest BCUT2D eigenvalue weighted by atomic mass is 10.1. The third-order valence-electron chi connectivity index (χ3n) is 3.64. The molecule has 4 nitrogen and oxygen atoms in total. The van der Waals surface area contributed by atoms with Crippen LogP contribution in [-0.2, 0) is 13.0 Å². The zero-order chi connectivity index (χ0) is 18.1. The summed E-state index contributed by atoms with van der Waals surface area (Å²) >= 11 is 0. The van der Waals surface area contributed by atoms with Gasteiger partial charge in [-0.2, -0.15) is 0 Å². The minimum atomic E-state index is -0.438. The van der Waals surface area contributed by atoms with E-state index in [2.05, 4.69) is 15.6 Å². The summed E-state index contributed by atoms with van der Waals surface area (Å²) < 4.78 is 32.4. The number of para-hydroxylation sites is 1. The van der Waals surface area contributed by atoms with Crippen LogP contribution in [0.25, 0.3) is 0 Å². The molecular formula is C19H24F2IN3O. The van der Waals surface area contributed by atoms with E-state index in [1.807, 2.05) is 31.2 Å². The van der Waals surface area contributed by atoms with Crippen LogP contribution in [0.3, 0.4) is 0 Å². The molecule has 0 atom stereocenters. The molecule has 0 aromatic heterocycles. The van der Waals surface area contributed by atoms with Crippen molar-refractivity contribution in [3.05, 3.63) is 65.2 Å². The molecule has 2 aromatic rings. The second kappa shape index (κ2) is 11.7. The van der Waals surface area contributed by atoms with Crippen molar-refractivity contribution in [1.29, 1.82) is 0 Å². The molecule has 0 heterocycles. The van der Waals surface area contributed by atoms with Crippen molar-refractivity contribution >= 4 is 29.9 Å². The highest BCUT2D eigenvalue weighted by molar-refractivity contribution is 14.0. The van der Waals surface area contributed by atoms with Crippen LogP contribution >= 0.6 is 24.0 Å². The number of halogens is 3. The number of aliphatic imine (C=N–C) groups is 1. The second-order valence-electron chi connectivity index (χ2n) is 5.38. The van der Waals surface area contributed by atoms with E-state index in [1.54, 1.807) is 7.05 Å². The smallest absolute Gasteiger partial charge is 0.191 e. The van der Waals surface area contributed by atoms with Crippen molar-refractivity contribution in [3.63, 3.8) is 0 Å². The number of guanidine groups is 1. The Labute approximate surface area is 170 Å². The van der Waals surface area contributed by atoms with Crippen LogP contribution in [0.4, 0.5) is 8.78 Å². The van der Waals surface area contributed by atoms with E-state index in [4.69, 9.17) is 4.74 Å². The average molecular weight is 475 g/mol. The molecule has 0 aliphatic rings. The summed E-state index contributed by atoms with van der Waals surface area (Å²) in [6.45, 7) is 3.52. The second-order valence-corrected chi connectivity index (χ2v) is 5.38. The van der Waals surface area contributed by atoms with Crippen molar-refractivity contribution in [3.8, 4) is 5.75 Å². The highest BCUT2D eigenvalue weighted by atomic mass is 127. The first kappa shape index (κ1) is 22.1. The molecular weight excluding hydrogens is 451 g/mol. The van der Waals surface area contributed by atoms with Crippen LogP contribution in [0.15, 0.2) is 47.5 Å². The third kappa shape index (κ3) is 6.78. The van der Waals surface area contributed by atoms with Gasteiger partial charge in [-0.3, -0.25) is 4.99 Å². The Morgan fingerprint density at radius 3 is 2.58 bits per heavy atom. The minimum Gasteiger partial charge on any atom is -0.494 e. The van der Waals surface area contributed by atoms with E-state index in [0.29, 0.717) is 37.6 Å². The van der Waals surface area contributed by atoms with E-state index < -0.39 is 11.6 Å². The summed E-state index contributed by atoms with van der Waals surface area (Å²) in [7, 11) is 1.66. The van der Waals surface area contributed by atoms with Crippen molar-refractivity contribution in [2.75, 3.05) is 20.2 Å². The predicted molar refractivity (Wildman–Crippen MR) is 111 cm³/mol. The van der Waals surface area contributed by atoms with Crippen molar-refractivity contribution in [2.24, 2.45) is 4.99 Å². The van der Waals surface area contributed by atoms with Crippen LogP contribution in [-0.4, -0.2) is 26.2 Å². The van der Waals surface area contributed by atoms with Crippen molar-refractivity contribution < 1.29 is 13.5 Å². The maximum Gasteiger partial charge on any atom is 0.191 e. The van der Waals surface area contributed by atoms with E-state index in [-0.39, 0.29) is 24.0 Å². The molecule has 0 bridgehead atoms. The van der Waals surface area contributed by atoms with Crippen molar-refractivity contribution in [1.82, 2.24) is 10.6 Å². The van der Waals surface area contributed by atoms with Crippen molar-refractivity contribution in [2.45, 2.75) is 19.9 Å². The Balaban J connectivity index is 0.00000338. The third-order valence-corrected chi connectivity index (χ3v) is 3.64. The molecule has 0 saturated carbocycles. The van der Waals surface area contributed by atoms with Gasteiger partial charge in [0.2, 0.25) is 0 Å². The molecule has 0 radical (unpaired) electrons. The first-order valence-electron chi connectivity index (χ1n) is 8.23. The largest absolute Gasteiger partial charge is 0.494 e. The zero-order valence-corrected chi connectivity index (χ0v) is 17.2. The first-order valence-corrected chi connectivity index (χ1v) is 8.23. The summed E-state index contributed by atoms with van der Waals surface area (Å²) in [6.07, 6.45) is 0.361. The molecule has 0 fully saturated rings. The molecule has 7 heteroatoms. The van der Waals surface area contributed by atoms with Crippen LogP contribution in [0.1, 0.15) is 18.1 Å². The van der Waals surface area contributed by atoms with Gasteiger partial charge in [0.05, 0.1) is 6.61 Å². The van der Waals surface area contributed by atoms with Crippen LogP contribution in [0, 0.1) is 11.6 Å². The molecule has 2 N–H and O–H groups in total.